The first kappa shape index (κ1) is 5.93. The summed E-state index contributed by atoms with van der Waals surface area (Å²) >= 11 is 4.34. The van der Waals surface area contributed by atoms with E-state index in [0.29, 0.717) is 0 Å². The zero-order valence-electron chi connectivity index (χ0n) is 3.86. The molecule has 3 heteroatoms. The normalized spacial score (nSPS) is 5.67. The zero-order chi connectivity index (χ0) is 4.99. The van der Waals surface area contributed by atoms with Gasteiger partial charge in [-0.1, -0.05) is 0 Å². The maximum absolute atomic E-state index is 4.34. The smallest absolute Gasteiger partial charge is 0.145 e. The van der Waals surface area contributed by atoms with Gasteiger partial charge >= 0.3 is 13.8 Å². The maximum atomic E-state index is 4.34. The molecule has 0 radical (unpaired) electrons. The molecule has 1 nitrogen and oxygen atoms in total. The van der Waals surface area contributed by atoms with Gasteiger partial charge in [-0.05, 0) is 0 Å². The van der Waals surface area contributed by atoms with Crippen molar-refractivity contribution in [1.29, 1.82) is 0 Å². The van der Waals surface area contributed by atoms with Crippen LogP contribution >= 0.6 is 12.2 Å². The van der Waals surface area contributed by atoms with E-state index in [1.165, 1.54) is 0 Å². The molecule has 0 rings (SSSR count). The molecule has 0 fully saturated rings. The van der Waals surface area contributed by atoms with Crippen LogP contribution in [0.15, 0.2) is 0 Å². The SMILES string of the molecule is C[Si](C)=[N+]=C=S. The summed E-state index contributed by atoms with van der Waals surface area (Å²) in [4.78, 5) is 0. The molecular weight excluding hydrogens is 110 g/mol. The van der Waals surface area contributed by atoms with Crippen LogP contribution in [0.2, 0.25) is 13.1 Å². The van der Waals surface area contributed by atoms with Crippen LogP contribution in [0, 0.1) is 0 Å². The summed E-state index contributed by atoms with van der Waals surface area (Å²) in [6.45, 7) is 4.12. The van der Waals surface area contributed by atoms with Crippen LogP contribution in [0.5, 0.6) is 0 Å². The molecule has 0 aromatic heterocycles. The predicted molar refractivity (Wildman–Crippen MR) is 32.2 cm³/mol. The van der Waals surface area contributed by atoms with E-state index in [2.05, 4.69) is 34.8 Å². The summed E-state index contributed by atoms with van der Waals surface area (Å²) in [6.07, 6.45) is 0. The van der Waals surface area contributed by atoms with Gasteiger partial charge in [-0.15, -0.1) is 4.31 Å². The lowest BCUT2D eigenvalue weighted by molar-refractivity contribution is 1.72. The minimum Gasteiger partial charge on any atom is -0.145 e. The molecule has 0 aromatic carbocycles. The van der Waals surface area contributed by atoms with Gasteiger partial charge in [0, 0.05) is 13.1 Å². The quantitative estimate of drug-likeness (QED) is 0.196. The van der Waals surface area contributed by atoms with E-state index in [4.69, 9.17) is 0 Å². The first-order valence-electron chi connectivity index (χ1n) is 1.65. The van der Waals surface area contributed by atoms with Gasteiger partial charge in [-0.3, -0.25) is 0 Å². The highest BCUT2D eigenvalue weighted by Gasteiger charge is 1.89. The molecule has 0 N–H and O–H groups in total. The second-order valence-corrected chi connectivity index (χ2v) is 3.45. The molecule has 32 valence electrons. The van der Waals surface area contributed by atoms with E-state index in [1.807, 2.05) is 0 Å². The number of nitrogens with zero attached hydrogens (tertiary/aromatic N) is 1. The Morgan fingerprint density at radius 1 is 1.67 bits per heavy atom. The summed E-state index contributed by atoms with van der Waals surface area (Å²) in [5.74, 6) is 0. The molecule has 0 saturated heterocycles. The second-order valence-electron chi connectivity index (χ2n) is 1.15. The van der Waals surface area contributed by atoms with Crippen molar-refractivity contribution in [3.8, 4) is 0 Å². The van der Waals surface area contributed by atoms with E-state index in [1.54, 1.807) is 0 Å². The third-order valence-corrected chi connectivity index (χ3v) is 1.08. The van der Waals surface area contributed by atoms with Crippen LogP contribution in [-0.2, 0) is 0 Å². The second kappa shape index (κ2) is 3.13. The Hall–Kier alpha value is -0.0731. The molecule has 0 amide bonds. The van der Waals surface area contributed by atoms with E-state index in [9.17, 15) is 0 Å². The standard InChI is InChI=1S/C3H6NSSi/c1-6(2)4-3-5/h1-2H3/q+1. The summed E-state index contributed by atoms with van der Waals surface area (Å²) in [6, 6.07) is 0. The van der Waals surface area contributed by atoms with Crippen molar-refractivity contribution in [3.63, 3.8) is 0 Å². The Kier molecular flexibility index (Phi) is 3.09. The van der Waals surface area contributed by atoms with Crippen molar-refractivity contribution in [2.75, 3.05) is 0 Å². The molecule has 0 atom stereocenters. The third-order valence-electron chi connectivity index (χ3n) is 0.269. The van der Waals surface area contributed by atoms with Gasteiger partial charge in [-0.25, -0.2) is 0 Å². The highest BCUT2D eigenvalue weighted by atomic mass is 32.1. The number of hydrogen-bond acceptors (Lipinski definition) is 1. The number of hydrogen-bond donors (Lipinski definition) is 0. The Balaban J connectivity index is 4.13. The number of rotatable bonds is 0. The van der Waals surface area contributed by atoms with Crippen LogP contribution in [0.3, 0.4) is 0 Å². The minimum absolute atomic E-state index is 0.476. The molecule has 0 saturated carbocycles. The Morgan fingerprint density at radius 2 is 2.17 bits per heavy atom. The Labute approximate surface area is 44.1 Å². The number of thiocarbonyl (C=S) groups is 1. The highest BCUT2D eigenvalue weighted by molar-refractivity contribution is 7.78. The van der Waals surface area contributed by atoms with E-state index < -0.39 is 8.59 Å². The van der Waals surface area contributed by atoms with Gasteiger partial charge in [0.25, 0.3) is 0 Å². The van der Waals surface area contributed by atoms with Gasteiger partial charge in [0.05, 0.1) is 12.2 Å². The molecule has 0 aliphatic heterocycles. The Bertz CT molecular complexity index is 115. The third kappa shape index (κ3) is 3.93. The van der Waals surface area contributed by atoms with Gasteiger partial charge in [0.2, 0.25) is 0 Å². The fourth-order valence-corrected chi connectivity index (χ4v) is 0.822. The van der Waals surface area contributed by atoms with Crippen LogP contribution in [0.1, 0.15) is 0 Å². The van der Waals surface area contributed by atoms with Gasteiger partial charge in [0.1, 0.15) is 0 Å². The lowest BCUT2D eigenvalue weighted by Gasteiger charge is -1.42. The van der Waals surface area contributed by atoms with Crippen molar-refractivity contribution < 1.29 is 0 Å². The van der Waals surface area contributed by atoms with Gasteiger partial charge in [-0.2, -0.15) is 0 Å². The first-order chi connectivity index (χ1) is 2.77. The first-order valence-corrected chi connectivity index (χ1v) is 4.51. The summed E-state index contributed by atoms with van der Waals surface area (Å²) in [7, 11) is -0.476. The van der Waals surface area contributed by atoms with Crippen LogP contribution in [0.25, 0.3) is 0 Å². The summed E-state index contributed by atoms with van der Waals surface area (Å²) in [5, 5.41) is 2.32. The lowest BCUT2D eigenvalue weighted by atomic mass is 11.8. The average molecular weight is 116 g/mol. The largest absolute Gasteiger partial charge is 0.505 e. The summed E-state index contributed by atoms with van der Waals surface area (Å²) < 4.78 is 3.79. The van der Waals surface area contributed by atoms with Gasteiger partial charge < -0.3 is 0 Å². The predicted octanol–water partition coefficient (Wildman–Crippen LogP) is 0.676. The van der Waals surface area contributed by atoms with E-state index >= 15 is 0 Å². The highest BCUT2D eigenvalue weighted by Crippen LogP contribution is 1.50. The fraction of sp³-hybridized carbons (Fsp3) is 0.667. The number of isothiocyanates is 1. The van der Waals surface area contributed by atoms with Crippen LogP contribution < -0.4 is 4.31 Å². The van der Waals surface area contributed by atoms with Gasteiger partial charge in [0.15, 0.2) is 0 Å². The fourth-order valence-electron chi connectivity index (χ4n) is 0.0913. The summed E-state index contributed by atoms with van der Waals surface area (Å²) in [5.41, 5.74) is 0. The van der Waals surface area contributed by atoms with Crippen molar-refractivity contribution in [1.82, 2.24) is 4.31 Å². The molecular formula is C3H6NSSi+. The minimum atomic E-state index is -0.476. The van der Waals surface area contributed by atoms with Crippen LogP contribution in [-0.4, -0.2) is 13.8 Å². The zero-order valence-corrected chi connectivity index (χ0v) is 5.67. The molecule has 0 bridgehead atoms. The molecule has 0 aliphatic carbocycles. The molecule has 0 heterocycles. The van der Waals surface area contributed by atoms with Crippen molar-refractivity contribution in [2.45, 2.75) is 13.1 Å². The lowest BCUT2D eigenvalue weighted by Crippen LogP contribution is -1.85. The van der Waals surface area contributed by atoms with Crippen LogP contribution in [0.4, 0.5) is 0 Å². The van der Waals surface area contributed by atoms with E-state index in [-0.39, 0.29) is 0 Å². The van der Waals surface area contributed by atoms with E-state index in [0.717, 1.165) is 0 Å². The molecule has 0 aromatic rings. The molecule has 6 heavy (non-hydrogen) atoms. The Morgan fingerprint density at radius 3 is 2.17 bits per heavy atom. The molecule has 0 unspecified atom stereocenters. The average Bonchev–Trinajstić information content (AvgIpc) is 1.35. The van der Waals surface area contributed by atoms with Crippen molar-refractivity contribution in [3.05, 3.63) is 0 Å². The molecule has 0 spiro atoms. The topological polar surface area (TPSA) is 14.1 Å². The maximum Gasteiger partial charge on any atom is 0.505 e. The van der Waals surface area contributed by atoms with Crippen molar-refractivity contribution >= 4 is 26.0 Å². The monoisotopic (exact) mass is 116 g/mol. The molecule has 0 aliphatic rings. The van der Waals surface area contributed by atoms with Crippen molar-refractivity contribution in [2.24, 2.45) is 0 Å².